The molecule has 3 nitrogen and oxygen atoms in total. The first-order valence-electron chi connectivity index (χ1n) is 6.94. The van der Waals surface area contributed by atoms with Crippen molar-refractivity contribution in [2.75, 3.05) is 0 Å². The lowest BCUT2D eigenvalue weighted by molar-refractivity contribution is -0.174. The van der Waals surface area contributed by atoms with Gasteiger partial charge in [-0.1, -0.05) is 48.5 Å². The molecule has 0 aromatic heterocycles. The summed E-state index contributed by atoms with van der Waals surface area (Å²) >= 11 is 0. The first-order valence-corrected chi connectivity index (χ1v) is 6.94. The SMILES string of the molecule is N[C@H]1CCc2cccc(-c3ccccc3)c2CC1(O)O. The molecular weight excluding hydrogens is 250 g/mol. The fraction of sp³-hybridized carbons (Fsp3) is 0.294. The number of fused-ring (bicyclic) bond motifs is 1. The number of aliphatic hydroxyl groups is 2. The summed E-state index contributed by atoms with van der Waals surface area (Å²) in [6, 6.07) is 15.5. The van der Waals surface area contributed by atoms with Crippen molar-refractivity contribution in [2.24, 2.45) is 5.73 Å². The number of rotatable bonds is 1. The summed E-state index contributed by atoms with van der Waals surface area (Å²) in [7, 11) is 0. The van der Waals surface area contributed by atoms with Gasteiger partial charge in [-0.2, -0.15) is 0 Å². The van der Waals surface area contributed by atoms with E-state index in [4.69, 9.17) is 5.73 Å². The lowest BCUT2D eigenvalue weighted by Gasteiger charge is -2.27. The first kappa shape index (κ1) is 13.3. The molecule has 2 aromatic rings. The monoisotopic (exact) mass is 269 g/mol. The van der Waals surface area contributed by atoms with E-state index in [1.54, 1.807) is 0 Å². The van der Waals surface area contributed by atoms with E-state index in [9.17, 15) is 10.2 Å². The van der Waals surface area contributed by atoms with E-state index in [0.29, 0.717) is 6.42 Å². The molecule has 20 heavy (non-hydrogen) atoms. The zero-order valence-corrected chi connectivity index (χ0v) is 11.3. The molecule has 0 saturated carbocycles. The van der Waals surface area contributed by atoms with Crippen LogP contribution in [0.15, 0.2) is 48.5 Å². The van der Waals surface area contributed by atoms with Crippen molar-refractivity contribution in [1.82, 2.24) is 0 Å². The summed E-state index contributed by atoms with van der Waals surface area (Å²) in [5.74, 6) is -1.84. The van der Waals surface area contributed by atoms with Gasteiger partial charge < -0.3 is 15.9 Å². The smallest absolute Gasteiger partial charge is 0.182 e. The summed E-state index contributed by atoms with van der Waals surface area (Å²) in [5, 5.41) is 20.3. The molecule has 0 aliphatic heterocycles. The Morgan fingerprint density at radius 1 is 1.00 bits per heavy atom. The second-order valence-electron chi connectivity index (χ2n) is 5.51. The van der Waals surface area contributed by atoms with E-state index in [1.165, 1.54) is 0 Å². The first-order chi connectivity index (χ1) is 9.58. The minimum atomic E-state index is -1.84. The largest absolute Gasteiger partial charge is 0.364 e. The highest BCUT2D eigenvalue weighted by Gasteiger charge is 2.35. The van der Waals surface area contributed by atoms with Gasteiger partial charge in [0, 0.05) is 6.42 Å². The normalized spacial score (nSPS) is 21.1. The van der Waals surface area contributed by atoms with Gasteiger partial charge in [0.05, 0.1) is 6.04 Å². The molecule has 1 atom stereocenters. The van der Waals surface area contributed by atoms with E-state index in [1.807, 2.05) is 42.5 Å². The van der Waals surface area contributed by atoms with Crippen molar-refractivity contribution < 1.29 is 10.2 Å². The van der Waals surface area contributed by atoms with E-state index >= 15 is 0 Å². The summed E-state index contributed by atoms with van der Waals surface area (Å²) in [6.07, 6.45) is 1.53. The van der Waals surface area contributed by atoms with Gasteiger partial charge in [0.25, 0.3) is 0 Å². The third-order valence-electron chi connectivity index (χ3n) is 4.11. The third-order valence-corrected chi connectivity index (χ3v) is 4.11. The Kier molecular flexibility index (Phi) is 3.34. The lowest BCUT2D eigenvalue weighted by atomic mass is 9.91. The molecule has 104 valence electrons. The van der Waals surface area contributed by atoms with Crippen molar-refractivity contribution in [1.29, 1.82) is 0 Å². The van der Waals surface area contributed by atoms with Crippen molar-refractivity contribution >= 4 is 0 Å². The quantitative estimate of drug-likeness (QED) is 0.547. The highest BCUT2D eigenvalue weighted by molar-refractivity contribution is 5.69. The van der Waals surface area contributed by atoms with E-state index in [-0.39, 0.29) is 6.42 Å². The van der Waals surface area contributed by atoms with Crippen LogP contribution in [-0.2, 0) is 12.8 Å². The zero-order valence-electron chi connectivity index (χ0n) is 11.3. The zero-order chi connectivity index (χ0) is 14.2. The topological polar surface area (TPSA) is 66.5 Å². The van der Waals surface area contributed by atoms with Gasteiger partial charge in [-0.15, -0.1) is 0 Å². The molecule has 0 unspecified atom stereocenters. The lowest BCUT2D eigenvalue weighted by Crippen LogP contribution is -2.49. The molecule has 3 rings (SSSR count). The molecule has 3 heteroatoms. The second-order valence-corrected chi connectivity index (χ2v) is 5.51. The van der Waals surface area contributed by atoms with Crippen LogP contribution in [0.25, 0.3) is 11.1 Å². The van der Waals surface area contributed by atoms with Crippen molar-refractivity contribution in [2.45, 2.75) is 31.1 Å². The van der Waals surface area contributed by atoms with Crippen LogP contribution in [0.2, 0.25) is 0 Å². The molecule has 0 fully saturated rings. The van der Waals surface area contributed by atoms with E-state index in [2.05, 4.69) is 6.07 Å². The Bertz CT molecular complexity index is 608. The van der Waals surface area contributed by atoms with Crippen LogP contribution in [0.1, 0.15) is 17.5 Å². The molecule has 0 heterocycles. The highest BCUT2D eigenvalue weighted by atomic mass is 16.5. The van der Waals surface area contributed by atoms with E-state index < -0.39 is 11.8 Å². The predicted molar refractivity (Wildman–Crippen MR) is 79.0 cm³/mol. The van der Waals surface area contributed by atoms with Gasteiger partial charge in [-0.3, -0.25) is 0 Å². The summed E-state index contributed by atoms with van der Waals surface area (Å²) < 4.78 is 0. The molecule has 1 aliphatic carbocycles. The third kappa shape index (κ3) is 2.36. The van der Waals surface area contributed by atoms with Crippen LogP contribution in [-0.4, -0.2) is 22.0 Å². The average molecular weight is 269 g/mol. The van der Waals surface area contributed by atoms with Crippen LogP contribution >= 0.6 is 0 Å². The molecule has 0 radical (unpaired) electrons. The number of hydrogen-bond donors (Lipinski definition) is 3. The van der Waals surface area contributed by atoms with Crippen molar-refractivity contribution in [3.05, 3.63) is 59.7 Å². The Morgan fingerprint density at radius 2 is 1.75 bits per heavy atom. The minimum Gasteiger partial charge on any atom is -0.364 e. The number of aryl methyl sites for hydroxylation is 1. The van der Waals surface area contributed by atoms with E-state index in [0.717, 1.165) is 28.7 Å². The fourth-order valence-electron chi connectivity index (χ4n) is 2.90. The average Bonchev–Trinajstić information content (AvgIpc) is 2.57. The molecule has 2 aromatic carbocycles. The Hall–Kier alpha value is -1.68. The van der Waals surface area contributed by atoms with Crippen LogP contribution < -0.4 is 5.73 Å². The standard InChI is InChI=1S/C17H19NO2/c18-16-10-9-13-7-4-8-14(12-5-2-1-3-6-12)15(13)11-17(16,19)20/h1-8,16,19-20H,9-11,18H2/t16-/m0/s1. The predicted octanol–water partition coefficient (Wildman–Crippen LogP) is 1.85. The maximum Gasteiger partial charge on any atom is 0.182 e. The van der Waals surface area contributed by atoms with Crippen molar-refractivity contribution in [3.63, 3.8) is 0 Å². The van der Waals surface area contributed by atoms with Crippen LogP contribution in [0, 0.1) is 0 Å². The molecule has 4 N–H and O–H groups in total. The van der Waals surface area contributed by atoms with Gasteiger partial charge >= 0.3 is 0 Å². The van der Waals surface area contributed by atoms with Gasteiger partial charge in [0.1, 0.15) is 0 Å². The summed E-state index contributed by atoms with van der Waals surface area (Å²) in [5.41, 5.74) is 10.2. The van der Waals surface area contributed by atoms with Gasteiger partial charge in [-0.05, 0) is 35.1 Å². The fourth-order valence-corrected chi connectivity index (χ4v) is 2.90. The molecule has 0 amide bonds. The Morgan fingerprint density at radius 3 is 2.50 bits per heavy atom. The Labute approximate surface area is 118 Å². The molecule has 0 bridgehead atoms. The summed E-state index contributed by atoms with van der Waals surface area (Å²) in [4.78, 5) is 0. The second kappa shape index (κ2) is 5.02. The maximum atomic E-state index is 10.2. The Balaban J connectivity index is 2.12. The van der Waals surface area contributed by atoms with Crippen LogP contribution in [0.3, 0.4) is 0 Å². The molecule has 0 spiro atoms. The number of benzene rings is 2. The molecule has 0 saturated heterocycles. The number of nitrogens with two attached hydrogens (primary N) is 1. The van der Waals surface area contributed by atoms with Crippen molar-refractivity contribution in [3.8, 4) is 11.1 Å². The van der Waals surface area contributed by atoms with Gasteiger partial charge in [-0.25, -0.2) is 0 Å². The van der Waals surface area contributed by atoms with Crippen LogP contribution in [0.4, 0.5) is 0 Å². The number of hydrogen-bond acceptors (Lipinski definition) is 3. The van der Waals surface area contributed by atoms with Gasteiger partial charge in [0.2, 0.25) is 0 Å². The molecular formula is C17H19NO2. The van der Waals surface area contributed by atoms with Crippen LogP contribution in [0.5, 0.6) is 0 Å². The highest BCUT2D eigenvalue weighted by Crippen LogP contribution is 2.33. The summed E-state index contributed by atoms with van der Waals surface area (Å²) in [6.45, 7) is 0. The minimum absolute atomic E-state index is 0.175. The van der Waals surface area contributed by atoms with Gasteiger partial charge in [0.15, 0.2) is 5.79 Å². The maximum absolute atomic E-state index is 10.2. The molecule has 1 aliphatic rings.